The van der Waals surface area contributed by atoms with Crippen molar-refractivity contribution in [3.05, 3.63) is 28.8 Å². The van der Waals surface area contributed by atoms with Crippen LogP contribution in [0.5, 0.6) is 5.75 Å². The fourth-order valence-electron chi connectivity index (χ4n) is 4.37. The molecule has 6 heteroatoms. The first kappa shape index (κ1) is 14.8. The van der Waals surface area contributed by atoms with Crippen LogP contribution < -0.4 is 4.74 Å². The van der Waals surface area contributed by atoms with Crippen molar-refractivity contribution in [3.8, 4) is 5.75 Å². The van der Waals surface area contributed by atoms with Crippen LogP contribution in [0.1, 0.15) is 24.8 Å². The predicted octanol–water partition coefficient (Wildman–Crippen LogP) is 2.36. The molecule has 122 valence electrons. The number of ether oxygens (including phenoxy) is 1. The number of carboxylic acid groups (broad SMARTS) is 1. The van der Waals surface area contributed by atoms with Crippen LogP contribution in [0.3, 0.4) is 0 Å². The summed E-state index contributed by atoms with van der Waals surface area (Å²) in [4.78, 5) is 26.2. The fraction of sp³-hybridized carbons (Fsp3) is 0.529. The zero-order chi connectivity index (χ0) is 16.2. The Morgan fingerprint density at radius 3 is 2.96 bits per heavy atom. The van der Waals surface area contributed by atoms with Crippen LogP contribution in [0.4, 0.5) is 0 Å². The van der Waals surface area contributed by atoms with Gasteiger partial charge in [0.05, 0.1) is 5.41 Å². The fourth-order valence-corrected chi connectivity index (χ4v) is 4.56. The summed E-state index contributed by atoms with van der Waals surface area (Å²) in [5.74, 6) is -0.104. The standard InChI is InChI=1S/C17H18ClNO4/c18-12-3-4-13-10(6-12)7-14(23-13)15(20)19-8-11-2-1-5-17(11,9-19)16(21)22/h3-4,6,11,14H,1-2,5,7-9H2,(H,21,22)/t11-,14?,17+/m0/s1. The molecule has 1 aromatic carbocycles. The molecule has 1 aromatic rings. The average Bonchev–Trinajstić information content (AvgIpc) is 3.17. The van der Waals surface area contributed by atoms with Gasteiger partial charge in [0.1, 0.15) is 5.75 Å². The van der Waals surface area contributed by atoms with Gasteiger partial charge in [-0.05, 0) is 42.5 Å². The Morgan fingerprint density at radius 1 is 1.39 bits per heavy atom. The lowest BCUT2D eigenvalue weighted by Crippen LogP contribution is -2.42. The topological polar surface area (TPSA) is 66.8 Å². The highest BCUT2D eigenvalue weighted by atomic mass is 35.5. The highest BCUT2D eigenvalue weighted by molar-refractivity contribution is 6.30. The van der Waals surface area contributed by atoms with E-state index in [0.717, 1.165) is 18.4 Å². The zero-order valence-corrected chi connectivity index (χ0v) is 13.4. The van der Waals surface area contributed by atoms with Crippen molar-refractivity contribution in [3.63, 3.8) is 0 Å². The summed E-state index contributed by atoms with van der Waals surface area (Å²) in [5.41, 5.74) is 0.188. The number of aliphatic carboxylic acids is 1. The Bertz CT molecular complexity index is 691. The summed E-state index contributed by atoms with van der Waals surface area (Å²) in [6.45, 7) is 0.838. The molecule has 0 aromatic heterocycles. The van der Waals surface area contributed by atoms with Crippen molar-refractivity contribution in [1.29, 1.82) is 0 Å². The first-order valence-electron chi connectivity index (χ1n) is 7.97. The van der Waals surface area contributed by atoms with E-state index in [4.69, 9.17) is 16.3 Å². The van der Waals surface area contributed by atoms with Gasteiger partial charge in [0.2, 0.25) is 0 Å². The second-order valence-corrected chi connectivity index (χ2v) is 7.27. The van der Waals surface area contributed by atoms with Crippen molar-refractivity contribution >= 4 is 23.5 Å². The molecule has 0 bridgehead atoms. The largest absolute Gasteiger partial charge is 0.481 e. The first-order chi connectivity index (χ1) is 11.0. The number of carboxylic acids is 1. The molecule has 3 atom stereocenters. The quantitative estimate of drug-likeness (QED) is 0.901. The number of halogens is 1. The van der Waals surface area contributed by atoms with Gasteiger partial charge in [-0.25, -0.2) is 0 Å². The molecule has 0 spiro atoms. The minimum absolute atomic E-state index is 0.0715. The Labute approximate surface area is 139 Å². The van der Waals surface area contributed by atoms with Crippen LogP contribution in [0.15, 0.2) is 18.2 Å². The lowest BCUT2D eigenvalue weighted by molar-refractivity contribution is -0.150. The normalized spacial score (nSPS) is 31.6. The number of hydrogen-bond donors (Lipinski definition) is 1. The number of amides is 1. The van der Waals surface area contributed by atoms with Gasteiger partial charge in [0.15, 0.2) is 6.10 Å². The second-order valence-electron chi connectivity index (χ2n) is 6.83. The molecule has 2 fully saturated rings. The number of carbonyl (C=O) groups is 2. The van der Waals surface area contributed by atoms with Crippen molar-refractivity contribution in [2.75, 3.05) is 13.1 Å². The number of nitrogens with zero attached hydrogens (tertiary/aromatic N) is 1. The summed E-state index contributed by atoms with van der Waals surface area (Å²) in [6, 6.07) is 5.34. The van der Waals surface area contributed by atoms with E-state index in [2.05, 4.69) is 0 Å². The third-order valence-corrected chi connectivity index (χ3v) is 5.82. The molecule has 5 nitrogen and oxygen atoms in total. The van der Waals surface area contributed by atoms with Crippen molar-refractivity contribution in [1.82, 2.24) is 4.90 Å². The van der Waals surface area contributed by atoms with Crippen LogP contribution in [0, 0.1) is 11.3 Å². The Kier molecular flexibility index (Phi) is 3.30. The van der Waals surface area contributed by atoms with E-state index in [1.165, 1.54) is 0 Å². The summed E-state index contributed by atoms with van der Waals surface area (Å²) in [5, 5.41) is 10.3. The summed E-state index contributed by atoms with van der Waals surface area (Å²) in [7, 11) is 0. The maximum atomic E-state index is 12.8. The molecule has 4 rings (SSSR count). The van der Waals surface area contributed by atoms with Gasteiger partial charge in [-0.3, -0.25) is 9.59 Å². The molecule has 2 heterocycles. The average molecular weight is 336 g/mol. The van der Waals surface area contributed by atoms with Crippen LogP contribution in [0.25, 0.3) is 0 Å². The van der Waals surface area contributed by atoms with Crippen molar-refractivity contribution < 1.29 is 19.4 Å². The van der Waals surface area contributed by atoms with Gasteiger partial charge >= 0.3 is 5.97 Å². The Hall–Kier alpha value is -1.75. The van der Waals surface area contributed by atoms with Crippen molar-refractivity contribution in [2.24, 2.45) is 11.3 Å². The lowest BCUT2D eigenvalue weighted by Gasteiger charge is -2.24. The number of benzene rings is 1. The maximum absolute atomic E-state index is 12.8. The minimum atomic E-state index is -0.766. The molecule has 1 saturated heterocycles. The van der Waals surface area contributed by atoms with Gasteiger partial charge in [0, 0.05) is 24.5 Å². The smallest absolute Gasteiger partial charge is 0.311 e. The molecule has 23 heavy (non-hydrogen) atoms. The van der Waals surface area contributed by atoms with Gasteiger partial charge < -0.3 is 14.7 Å². The molecule has 1 N–H and O–H groups in total. The third-order valence-electron chi connectivity index (χ3n) is 5.58. The lowest BCUT2D eigenvalue weighted by atomic mass is 9.81. The molecule has 0 radical (unpaired) electrons. The SMILES string of the molecule is O=C(C1Cc2cc(Cl)ccc2O1)N1C[C@@H]2CCC[C@@]2(C(=O)O)C1. The van der Waals surface area contributed by atoms with E-state index in [1.807, 2.05) is 6.07 Å². The van der Waals surface area contributed by atoms with Gasteiger partial charge in [-0.15, -0.1) is 0 Å². The van der Waals surface area contributed by atoms with E-state index in [9.17, 15) is 14.7 Å². The molecule has 1 saturated carbocycles. The van der Waals surface area contributed by atoms with E-state index in [-0.39, 0.29) is 11.8 Å². The van der Waals surface area contributed by atoms with Crippen molar-refractivity contribution in [2.45, 2.75) is 31.8 Å². The number of carbonyl (C=O) groups excluding carboxylic acids is 1. The van der Waals surface area contributed by atoms with Gasteiger partial charge in [-0.2, -0.15) is 0 Å². The second kappa shape index (κ2) is 5.13. The summed E-state index contributed by atoms with van der Waals surface area (Å²) < 4.78 is 5.75. The highest BCUT2D eigenvalue weighted by Gasteiger charge is 2.56. The van der Waals surface area contributed by atoms with Gasteiger partial charge in [-0.1, -0.05) is 18.0 Å². The minimum Gasteiger partial charge on any atom is -0.481 e. The Morgan fingerprint density at radius 2 is 2.22 bits per heavy atom. The van der Waals surface area contributed by atoms with E-state index in [0.29, 0.717) is 36.7 Å². The number of rotatable bonds is 2. The molecular weight excluding hydrogens is 318 g/mol. The van der Waals surface area contributed by atoms with E-state index >= 15 is 0 Å². The van der Waals surface area contributed by atoms with Gasteiger partial charge in [0.25, 0.3) is 5.91 Å². The first-order valence-corrected chi connectivity index (χ1v) is 8.35. The molecular formula is C17H18ClNO4. The molecule has 3 aliphatic rings. The molecule has 1 aliphatic carbocycles. The number of hydrogen-bond acceptors (Lipinski definition) is 3. The zero-order valence-electron chi connectivity index (χ0n) is 12.6. The monoisotopic (exact) mass is 335 g/mol. The van der Waals surface area contributed by atoms with E-state index < -0.39 is 17.5 Å². The summed E-state index contributed by atoms with van der Waals surface area (Å²) >= 11 is 5.98. The molecule has 1 unspecified atom stereocenters. The number of likely N-dealkylation sites (tertiary alicyclic amines) is 1. The Balaban J connectivity index is 1.50. The van der Waals surface area contributed by atoms with Crippen LogP contribution in [-0.2, 0) is 16.0 Å². The third kappa shape index (κ3) is 2.21. The van der Waals surface area contributed by atoms with Crippen LogP contribution in [0.2, 0.25) is 5.02 Å². The predicted molar refractivity (Wildman–Crippen MR) is 83.6 cm³/mol. The highest BCUT2D eigenvalue weighted by Crippen LogP contribution is 2.49. The number of fused-ring (bicyclic) bond motifs is 2. The molecule has 2 aliphatic heterocycles. The van der Waals surface area contributed by atoms with E-state index in [1.54, 1.807) is 17.0 Å². The van der Waals surface area contributed by atoms with Crippen LogP contribution in [-0.4, -0.2) is 41.1 Å². The maximum Gasteiger partial charge on any atom is 0.311 e. The molecule has 1 amide bonds. The summed E-state index contributed by atoms with van der Waals surface area (Å²) in [6.07, 6.45) is 2.42. The van der Waals surface area contributed by atoms with Crippen LogP contribution >= 0.6 is 11.6 Å².